The molecule has 0 amide bonds. The maximum atomic E-state index is 13.7. The first-order chi connectivity index (χ1) is 15.6. The van der Waals surface area contributed by atoms with Crippen LogP contribution in [-0.4, -0.2) is 27.1 Å². The van der Waals surface area contributed by atoms with Crippen LogP contribution in [0.25, 0.3) is 22.2 Å². The molecule has 0 saturated carbocycles. The van der Waals surface area contributed by atoms with E-state index in [1.165, 1.54) is 12.1 Å². The number of rotatable bonds is 5. The molecule has 5 aromatic rings. The number of nitrogens with zero attached hydrogens (tertiary/aromatic N) is 4. The predicted molar refractivity (Wildman–Crippen MR) is 125 cm³/mol. The number of pyridine rings is 1. The molecule has 0 spiro atoms. The first kappa shape index (κ1) is 20.3. The van der Waals surface area contributed by atoms with E-state index in [2.05, 4.69) is 32.3 Å². The second-order valence-electron chi connectivity index (χ2n) is 7.33. The predicted octanol–water partition coefficient (Wildman–Crippen LogP) is 6.04. The Balaban J connectivity index is 1.70. The van der Waals surface area contributed by atoms with Gasteiger partial charge in [-0.25, -0.2) is 14.1 Å². The van der Waals surface area contributed by atoms with Crippen molar-refractivity contribution >= 4 is 26.8 Å². The summed E-state index contributed by atoms with van der Waals surface area (Å²) in [4.78, 5) is 4.73. The van der Waals surface area contributed by atoms with E-state index in [4.69, 9.17) is 9.72 Å². The van der Waals surface area contributed by atoms with E-state index in [9.17, 15) is 4.39 Å². The topological polar surface area (TPSA) is 52.8 Å². The zero-order valence-corrected chi connectivity index (χ0v) is 18.7. The second-order valence-corrected chi connectivity index (χ2v) is 8.25. The van der Waals surface area contributed by atoms with Gasteiger partial charge in [-0.1, -0.05) is 63.6 Å². The van der Waals surface area contributed by atoms with Crippen molar-refractivity contribution in [3.8, 4) is 17.1 Å². The maximum absolute atomic E-state index is 13.7. The Labute approximate surface area is 192 Å². The number of hydrogen-bond acceptors (Lipinski definition) is 4. The monoisotopic (exact) mass is 488 g/mol. The zero-order valence-electron chi connectivity index (χ0n) is 17.1. The van der Waals surface area contributed by atoms with Crippen molar-refractivity contribution in [1.29, 1.82) is 0 Å². The minimum atomic E-state index is -0.336. The lowest BCUT2D eigenvalue weighted by molar-refractivity contribution is 0.387. The molecule has 32 heavy (non-hydrogen) atoms. The summed E-state index contributed by atoms with van der Waals surface area (Å²) in [6, 6.07) is 23.9. The fourth-order valence-corrected chi connectivity index (χ4v) is 4.18. The molecule has 7 heteroatoms. The van der Waals surface area contributed by atoms with E-state index in [0.717, 1.165) is 26.5 Å². The van der Waals surface area contributed by atoms with Crippen LogP contribution in [-0.2, 0) is 0 Å². The molecule has 1 atom stereocenters. The molecule has 1 unspecified atom stereocenters. The molecule has 0 fully saturated rings. The fourth-order valence-electron chi connectivity index (χ4n) is 3.80. The summed E-state index contributed by atoms with van der Waals surface area (Å²) < 4.78 is 22.2. The highest BCUT2D eigenvalue weighted by Crippen LogP contribution is 2.35. The van der Waals surface area contributed by atoms with Crippen LogP contribution in [0.3, 0.4) is 0 Å². The van der Waals surface area contributed by atoms with E-state index in [-0.39, 0.29) is 11.9 Å². The summed E-state index contributed by atoms with van der Waals surface area (Å²) >= 11 is 3.54. The molecule has 158 valence electrons. The van der Waals surface area contributed by atoms with Gasteiger partial charge in [-0.05, 0) is 42.0 Å². The van der Waals surface area contributed by atoms with Gasteiger partial charge in [0.2, 0.25) is 5.88 Å². The standard InChI is InChI=1S/C25H18BrFN4O/c1-32-25-21(14-18-12-19(26)10-11-22(18)28-25)24(16-6-3-2-4-7-16)31-15-23(29-30-31)17-8-5-9-20(27)13-17/h2-15,24H,1H3. The van der Waals surface area contributed by atoms with Gasteiger partial charge in [0.15, 0.2) is 0 Å². The van der Waals surface area contributed by atoms with Crippen LogP contribution in [0.15, 0.2) is 89.5 Å². The molecule has 3 aromatic carbocycles. The quantitative estimate of drug-likeness (QED) is 0.302. The van der Waals surface area contributed by atoms with Crippen molar-refractivity contribution in [2.75, 3.05) is 7.11 Å². The summed E-state index contributed by atoms with van der Waals surface area (Å²) in [6.07, 6.45) is 1.82. The lowest BCUT2D eigenvalue weighted by Gasteiger charge is -2.20. The summed E-state index contributed by atoms with van der Waals surface area (Å²) in [5.74, 6) is 0.194. The second kappa shape index (κ2) is 8.51. The first-order valence-corrected chi connectivity index (χ1v) is 10.8. The fraction of sp³-hybridized carbons (Fsp3) is 0.0800. The molecular formula is C25H18BrFN4O. The van der Waals surface area contributed by atoms with Crippen molar-refractivity contribution in [3.63, 3.8) is 0 Å². The molecule has 0 N–H and O–H groups in total. The molecule has 0 radical (unpaired) electrons. The van der Waals surface area contributed by atoms with Crippen LogP contribution in [0.5, 0.6) is 5.88 Å². The van der Waals surface area contributed by atoms with Crippen molar-refractivity contribution < 1.29 is 9.13 Å². The Kier molecular flexibility index (Phi) is 5.41. The van der Waals surface area contributed by atoms with Crippen molar-refractivity contribution in [3.05, 3.63) is 106 Å². The molecule has 2 aromatic heterocycles. The summed E-state index contributed by atoms with van der Waals surface area (Å²) in [5, 5.41) is 9.68. The highest BCUT2D eigenvalue weighted by molar-refractivity contribution is 9.10. The molecule has 0 bridgehead atoms. The third-order valence-electron chi connectivity index (χ3n) is 5.27. The minimum Gasteiger partial charge on any atom is -0.481 e. The van der Waals surface area contributed by atoms with Crippen molar-refractivity contribution in [2.45, 2.75) is 6.04 Å². The Morgan fingerprint density at radius 2 is 1.81 bits per heavy atom. The van der Waals surface area contributed by atoms with Crippen LogP contribution in [0.4, 0.5) is 4.39 Å². The van der Waals surface area contributed by atoms with Crippen molar-refractivity contribution in [1.82, 2.24) is 20.0 Å². The lowest BCUT2D eigenvalue weighted by Crippen LogP contribution is -2.15. The molecule has 2 heterocycles. The molecule has 5 nitrogen and oxygen atoms in total. The summed E-state index contributed by atoms with van der Waals surface area (Å²) in [5.41, 5.74) is 3.92. The smallest absolute Gasteiger partial charge is 0.219 e. The maximum Gasteiger partial charge on any atom is 0.219 e. The number of benzene rings is 3. The van der Waals surface area contributed by atoms with E-state index in [0.29, 0.717) is 17.1 Å². The van der Waals surface area contributed by atoms with Gasteiger partial charge in [0.25, 0.3) is 0 Å². The Hall–Kier alpha value is -3.58. The molecule has 5 rings (SSSR count). The van der Waals surface area contributed by atoms with Gasteiger partial charge < -0.3 is 4.74 Å². The van der Waals surface area contributed by atoms with Crippen LogP contribution >= 0.6 is 15.9 Å². The average Bonchev–Trinajstić information content (AvgIpc) is 3.29. The Bertz CT molecular complexity index is 1400. The van der Waals surface area contributed by atoms with Gasteiger partial charge in [-0.15, -0.1) is 5.10 Å². The zero-order chi connectivity index (χ0) is 22.1. The van der Waals surface area contributed by atoms with Gasteiger partial charge in [-0.3, -0.25) is 0 Å². The van der Waals surface area contributed by atoms with E-state index in [1.54, 1.807) is 17.9 Å². The van der Waals surface area contributed by atoms with Crippen LogP contribution in [0.2, 0.25) is 0 Å². The van der Waals surface area contributed by atoms with Gasteiger partial charge >= 0.3 is 0 Å². The van der Waals surface area contributed by atoms with Crippen molar-refractivity contribution in [2.24, 2.45) is 0 Å². The highest BCUT2D eigenvalue weighted by atomic mass is 79.9. The summed E-state index contributed by atoms with van der Waals surface area (Å²) in [7, 11) is 1.61. The van der Waals surface area contributed by atoms with Crippen LogP contribution < -0.4 is 4.74 Å². The third kappa shape index (κ3) is 3.87. The third-order valence-corrected chi connectivity index (χ3v) is 5.76. The number of aromatic nitrogens is 4. The highest BCUT2D eigenvalue weighted by Gasteiger charge is 2.24. The number of halogens is 2. The number of fused-ring (bicyclic) bond motifs is 1. The Morgan fingerprint density at radius 3 is 2.59 bits per heavy atom. The average molecular weight is 489 g/mol. The lowest BCUT2D eigenvalue weighted by atomic mass is 9.98. The molecule has 0 aliphatic carbocycles. The number of ether oxygens (including phenoxy) is 1. The van der Waals surface area contributed by atoms with Gasteiger partial charge in [-0.2, -0.15) is 0 Å². The van der Waals surface area contributed by atoms with Gasteiger partial charge in [0.05, 0.1) is 18.8 Å². The van der Waals surface area contributed by atoms with E-state index in [1.807, 2.05) is 60.8 Å². The normalized spacial score (nSPS) is 12.1. The first-order valence-electron chi connectivity index (χ1n) is 9.99. The summed E-state index contributed by atoms with van der Waals surface area (Å²) in [6.45, 7) is 0. The van der Waals surface area contributed by atoms with Crippen LogP contribution in [0, 0.1) is 5.82 Å². The number of methoxy groups -OCH3 is 1. The Morgan fingerprint density at radius 1 is 0.969 bits per heavy atom. The molecule has 0 aliphatic heterocycles. The molecular weight excluding hydrogens is 471 g/mol. The van der Waals surface area contributed by atoms with Crippen LogP contribution in [0.1, 0.15) is 17.2 Å². The molecule has 0 aliphatic rings. The largest absolute Gasteiger partial charge is 0.481 e. The molecule has 0 saturated heterocycles. The minimum absolute atomic E-state index is 0.317. The van der Waals surface area contributed by atoms with E-state index >= 15 is 0 Å². The number of hydrogen-bond donors (Lipinski definition) is 0. The SMILES string of the molecule is COc1nc2ccc(Br)cc2cc1C(c1ccccc1)n1cc(-c2cccc(F)c2)nn1. The van der Waals surface area contributed by atoms with Gasteiger partial charge in [0.1, 0.15) is 17.6 Å². The van der Waals surface area contributed by atoms with E-state index < -0.39 is 0 Å². The van der Waals surface area contributed by atoms with Gasteiger partial charge in [0, 0.05) is 21.0 Å².